The summed E-state index contributed by atoms with van der Waals surface area (Å²) < 4.78 is 1.75. The lowest BCUT2D eigenvalue weighted by atomic mass is 10.2. The molecule has 0 radical (unpaired) electrons. The molecule has 4 nitrogen and oxygen atoms in total. The Hall–Kier alpha value is -2.07. The molecule has 1 aromatic heterocycles. The van der Waals surface area contributed by atoms with Gasteiger partial charge in [-0.1, -0.05) is 24.3 Å². The SMILES string of the molecule is C/C=C(\C(=O)ON)n1ccc2ccccc21. The summed E-state index contributed by atoms with van der Waals surface area (Å²) in [5.41, 5.74) is 1.35. The maximum Gasteiger partial charge on any atom is 0.373 e. The fraction of sp³-hybridized carbons (Fsp3) is 0.0833. The summed E-state index contributed by atoms with van der Waals surface area (Å²) >= 11 is 0. The summed E-state index contributed by atoms with van der Waals surface area (Å²) in [6, 6.07) is 9.71. The number of hydrogen-bond donors (Lipinski definition) is 1. The van der Waals surface area contributed by atoms with Gasteiger partial charge >= 0.3 is 5.97 Å². The normalized spacial score (nSPS) is 11.8. The Morgan fingerprint density at radius 3 is 2.81 bits per heavy atom. The van der Waals surface area contributed by atoms with Crippen molar-refractivity contribution in [2.45, 2.75) is 6.92 Å². The Bertz CT molecular complexity index is 555. The van der Waals surface area contributed by atoms with Crippen LogP contribution in [0.5, 0.6) is 0 Å². The van der Waals surface area contributed by atoms with E-state index in [0.29, 0.717) is 5.70 Å². The second kappa shape index (κ2) is 4.20. The van der Waals surface area contributed by atoms with Gasteiger partial charge in [-0.25, -0.2) is 4.79 Å². The fourth-order valence-electron chi connectivity index (χ4n) is 1.71. The topological polar surface area (TPSA) is 57.2 Å². The van der Waals surface area contributed by atoms with Crippen molar-refractivity contribution < 1.29 is 9.63 Å². The molecule has 0 aliphatic heterocycles. The first kappa shape index (κ1) is 10.4. The van der Waals surface area contributed by atoms with Crippen molar-refractivity contribution in [3.05, 3.63) is 42.6 Å². The molecule has 1 heterocycles. The number of para-hydroxylation sites is 1. The molecule has 0 unspecified atom stereocenters. The minimum Gasteiger partial charge on any atom is -0.369 e. The highest BCUT2D eigenvalue weighted by Gasteiger charge is 2.13. The van der Waals surface area contributed by atoms with Crippen LogP contribution in [0.2, 0.25) is 0 Å². The van der Waals surface area contributed by atoms with Gasteiger partial charge in [-0.05, 0) is 24.4 Å². The average Bonchev–Trinajstić information content (AvgIpc) is 2.74. The van der Waals surface area contributed by atoms with Crippen molar-refractivity contribution in [3.63, 3.8) is 0 Å². The third-order valence-electron chi connectivity index (χ3n) is 2.45. The van der Waals surface area contributed by atoms with E-state index in [2.05, 4.69) is 4.84 Å². The number of aromatic nitrogens is 1. The number of carbonyl (C=O) groups is 1. The van der Waals surface area contributed by atoms with Crippen LogP contribution >= 0.6 is 0 Å². The molecule has 0 spiro atoms. The zero-order valence-corrected chi connectivity index (χ0v) is 8.88. The molecule has 0 saturated heterocycles. The minimum absolute atomic E-state index is 0.406. The molecule has 0 atom stereocenters. The first-order valence-corrected chi connectivity index (χ1v) is 4.91. The zero-order valence-electron chi connectivity index (χ0n) is 8.88. The Balaban J connectivity index is 2.59. The van der Waals surface area contributed by atoms with Crippen LogP contribution in [0, 0.1) is 0 Å². The summed E-state index contributed by atoms with van der Waals surface area (Å²) in [7, 11) is 0. The van der Waals surface area contributed by atoms with Crippen LogP contribution < -0.4 is 5.90 Å². The summed E-state index contributed by atoms with van der Waals surface area (Å²) in [6.45, 7) is 1.76. The number of allylic oxidation sites excluding steroid dienone is 1. The molecule has 0 aliphatic carbocycles. The van der Waals surface area contributed by atoms with Gasteiger partial charge in [-0.15, -0.1) is 0 Å². The Labute approximate surface area is 92.9 Å². The number of benzene rings is 1. The number of fused-ring (bicyclic) bond motifs is 1. The maximum atomic E-state index is 11.4. The number of nitrogens with two attached hydrogens (primary N) is 1. The number of nitrogens with zero attached hydrogens (tertiary/aromatic N) is 1. The molecule has 2 N–H and O–H groups in total. The van der Waals surface area contributed by atoms with E-state index in [-0.39, 0.29) is 0 Å². The van der Waals surface area contributed by atoms with E-state index in [0.717, 1.165) is 10.9 Å². The summed E-state index contributed by atoms with van der Waals surface area (Å²) in [4.78, 5) is 15.7. The van der Waals surface area contributed by atoms with E-state index in [1.807, 2.05) is 36.5 Å². The van der Waals surface area contributed by atoms with Gasteiger partial charge in [-0.2, -0.15) is 5.90 Å². The summed E-state index contributed by atoms with van der Waals surface area (Å²) in [5.74, 6) is 4.34. The largest absolute Gasteiger partial charge is 0.373 e. The van der Waals surface area contributed by atoms with Crippen molar-refractivity contribution in [2.24, 2.45) is 5.90 Å². The van der Waals surface area contributed by atoms with Crippen molar-refractivity contribution in [3.8, 4) is 0 Å². The van der Waals surface area contributed by atoms with E-state index >= 15 is 0 Å². The van der Waals surface area contributed by atoms with E-state index in [1.54, 1.807) is 17.6 Å². The van der Waals surface area contributed by atoms with E-state index < -0.39 is 5.97 Å². The van der Waals surface area contributed by atoms with Crippen molar-refractivity contribution in [2.75, 3.05) is 0 Å². The van der Waals surface area contributed by atoms with Crippen LogP contribution in [-0.4, -0.2) is 10.5 Å². The molecule has 0 bridgehead atoms. The van der Waals surface area contributed by atoms with Gasteiger partial charge in [-0.3, -0.25) is 0 Å². The van der Waals surface area contributed by atoms with Crippen LogP contribution in [0.25, 0.3) is 16.6 Å². The minimum atomic E-state index is -0.552. The van der Waals surface area contributed by atoms with Crippen LogP contribution in [0.1, 0.15) is 6.92 Å². The predicted octanol–water partition coefficient (Wildman–Crippen LogP) is 1.92. The van der Waals surface area contributed by atoms with E-state index in [4.69, 9.17) is 5.90 Å². The molecule has 0 amide bonds. The Kier molecular flexibility index (Phi) is 2.74. The van der Waals surface area contributed by atoms with Gasteiger partial charge in [0.1, 0.15) is 5.70 Å². The number of hydrogen-bond acceptors (Lipinski definition) is 3. The molecule has 0 saturated carbocycles. The molecule has 2 rings (SSSR count). The predicted molar refractivity (Wildman–Crippen MR) is 62.2 cm³/mol. The van der Waals surface area contributed by atoms with Gasteiger partial charge in [0.2, 0.25) is 0 Å². The third-order valence-corrected chi connectivity index (χ3v) is 2.45. The quantitative estimate of drug-likeness (QED) is 0.616. The number of rotatable bonds is 2. The third kappa shape index (κ3) is 1.59. The summed E-state index contributed by atoms with van der Waals surface area (Å²) in [5, 5.41) is 1.06. The Morgan fingerprint density at radius 2 is 2.12 bits per heavy atom. The van der Waals surface area contributed by atoms with Crippen LogP contribution in [0.4, 0.5) is 0 Å². The molecular formula is C12H12N2O2. The smallest absolute Gasteiger partial charge is 0.369 e. The highest BCUT2D eigenvalue weighted by molar-refractivity contribution is 6.11. The van der Waals surface area contributed by atoms with Gasteiger partial charge in [0.05, 0.1) is 5.52 Å². The van der Waals surface area contributed by atoms with Gasteiger partial charge in [0, 0.05) is 6.20 Å². The van der Waals surface area contributed by atoms with Crippen LogP contribution in [0.15, 0.2) is 42.6 Å². The number of carbonyl (C=O) groups excluding carboxylic acids is 1. The molecule has 0 aliphatic rings. The molecular weight excluding hydrogens is 204 g/mol. The van der Waals surface area contributed by atoms with Crippen molar-refractivity contribution in [1.82, 2.24) is 4.57 Å². The lowest BCUT2D eigenvalue weighted by Gasteiger charge is -2.07. The fourth-order valence-corrected chi connectivity index (χ4v) is 1.71. The molecule has 2 aromatic rings. The molecule has 16 heavy (non-hydrogen) atoms. The molecule has 1 aromatic carbocycles. The molecule has 0 fully saturated rings. The lowest BCUT2D eigenvalue weighted by Crippen LogP contribution is -2.15. The molecule has 82 valence electrons. The van der Waals surface area contributed by atoms with Crippen LogP contribution in [0.3, 0.4) is 0 Å². The van der Waals surface area contributed by atoms with Crippen LogP contribution in [-0.2, 0) is 9.63 Å². The highest BCUT2D eigenvalue weighted by atomic mass is 16.7. The van der Waals surface area contributed by atoms with Crippen molar-refractivity contribution >= 4 is 22.6 Å². The van der Waals surface area contributed by atoms with Gasteiger partial charge in [0.25, 0.3) is 0 Å². The van der Waals surface area contributed by atoms with E-state index in [1.165, 1.54) is 0 Å². The van der Waals surface area contributed by atoms with Crippen molar-refractivity contribution in [1.29, 1.82) is 0 Å². The monoisotopic (exact) mass is 216 g/mol. The standard InChI is InChI=1S/C12H12N2O2/c1-2-10(12(15)16-13)14-8-7-9-5-3-4-6-11(9)14/h2-8H,13H2,1H3/b10-2+. The molecule has 4 heteroatoms. The van der Waals surface area contributed by atoms with E-state index in [9.17, 15) is 4.79 Å². The Morgan fingerprint density at radius 1 is 1.38 bits per heavy atom. The first-order chi connectivity index (χ1) is 7.77. The summed E-state index contributed by atoms with van der Waals surface area (Å²) in [6.07, 6.45) is 3.48. The van der Waals surface area contributed by atoms with Gasteiger partial charge in [0.15, 0.2) is 0 Å². The first-order valence-electron chi connectivity index (χ1n) is 4.91. The second-order valence-corrected chi connectivity index (χ2v) is 3.32. The zero-order chi connectivity index (χ0) is 11.5. The lowest BCUT2D eigenvalue weighted by molar-refractivity contribution is -0.137. The maximum absolute atomic E-state index is 11.4. The second-order valence-electron chi connectivity index (χ2n) is 3.32. The average molecular weight is 216 g/mol. The van der Waals surface area contributed by atoms with Gasteiger partial charge < -0.3 is 9.40 Å². The highest BCUT2D eigenvalue weighted by Crippen LogP contribution is 2.19.